The zero-order chi connectivity index (χ0) is 9.97. The Bertz CT molecular complexity index is 444. The fourth-order valence-corrected chi connectivity index (χ4v) is 1.15. The number of oxime groups is 1. The first kappa shape index (κ1) is 8.49. The molecule has 0 saturated carbocycles. The van der Waals surface area contributed by atoms with Gasteiger partial charge in [-0.1, -0.05) is 10.3 Å². The molecule has 2 aromatic rings. The van der Waals surface area contributed by atoms with Gasteiger partial charge in [-0.05, 0) is 24.2 Å². The van der Waals surface area contributed by atoms with Crippen LogP contribution in [0.3, 0.4) is 0 Å². The Hall–Kier alpha value is -2.11. The van der Waals surface area contributed by atoms with Crippen LogP contribution in [0.4, 0.5) is 0 Å². The molecule has 0 bridgehead atoms. The standard InChI is InChI=1S/C8H8N4O2/c1-5-7(12-14-11-5)8(10-13)6-3-2-4-9-6/h2-4,9,13H,1H3/b10-8+. The first-order valence-electron chi connectivity index (χ1n) is 3.98. The molecule has 2 N–H and O–H groups in total. The molecule has 14 heavy (non-hydrogen) atoms. The zero-order valence-corrected chi connectivity index (χ0v) is 7.43. The van der Waals surface area contributed by atoms with Crippen LogP contribution in [0.2, 0.25) is 0 Å². The van der Waals surface area contributed by atoms with E-state index in [0.29, 0.717) is 22.8 Å². The van der Waals surface area contributed by atoms with Gasteiger partial charge in [-0.15, -0.1) is 0 Å². The molecular formula is C8H8N4O2. The van der Waals surface area contributed by atoms with Crippen molar-refractivity contribution in [1.29, 1.82) is 0 Å². The first-order valence-corrected chi connectivity index (χ1v) is 3.98. The molecule has 72 valence electrons. The summed E-state index contributed by atoms with van der Waals surface area (Å²) in [5, 5.41) is 19.3. The zero-order valence-electron chi connectivity index (χ0n) is 7.43. The van der Waals surface area contributed by atoms with E-state index in [-0.39, 0.29) is 0 Å². The monoisotopic (exact) mass is 192 g/mol. The molecular weight excluding hydrogens is 184 g/mol. The summed E-state index contributed by atoms with van der Waals surface area (Å²) in [5.41, 5.74) is 1.97. The third-order valence-corrected chi connectivity index (χ3v) is 1.83. The molecule has 2 heterocycles. The van der Waals surface area contributed by atoms with Crippen LogP contribution in [0.5, 0.6) is 0 Å². The van der Waals surface area contributed by atoms with Gasteiger partial charge in [-0.3, -0.25) is 0 Å². The highest BCUT2D eigenvalue weighted by atomic mass is 16.6. The summed E-state index contributed by atoms with van der Waals surface area (Å²) in [6.45, 7) is 1.72. The number of hydrogen-bond donors (Lipinski definition) is 2. The van der Waals surface area contributed by atoms with Crippen LogP contribution in [-0.4, -0.2) is 26.2 Å². The second-order valence-corrected chi connectivity index (χ2v) is 2.73. The van der Waals surface area contributed by atoms with Crippen molar-refractivity contribution in [3.8, 4) is 0 Å². The molecule has 0 atom stereocenters. The minimum absolute atomic E-state index is 0.314. The first-order chi connectivity index (χ1) is 6.83. The van der Waals surface area contributed by atoms with E-state index in [2.05, 4.69) is 25.1 Å². The molecule has 6 nitrogen and oxygen atoms in total. The average Bonchev–Trinajstić information content (AvgIpc) is 2.80. The molecule has 6 heteroatoms. The fourth-order valence-electron chi connectivity index (χ4n) is 1.15. The third kappa shape index (κ3) is 1.26. The summed E-state index contributed by atoms with van der Waals surface area (Å²) in [6.07, 6.45) is 1.73. The van der Waals surface area contributed by atoms with Crippen molar-refractivity contribution < 1.29 is 9.84 Å². The van der Waals surface area contributed by atoms with Gasteiger partial charge in [-0.2, -0.15) is 0 Å². The highest BCUT2D eigenvalue weighted by molar-refractivity contribution is 6.10. The van der Waals surface area contributed by atoms with Gasteiger partial charge < -0.3 is 10.2 Å². The van der Waals surface area contributed by atoms with E-state index in [1.54, 1.807) is 25.3 Å². The summed E-state index contributed by atoms with van der Waals surface area (Å²) in [4.78, 5) is 2.90. The van der Waals surface area contributed by atoms with Gasteiger partial charge in [0.05, 0.1) is 5.69 Å². The molecule has 0 aliphatic carbocycles. The van der Waals surface area contributed by atoms with Gasteiger partial charge in [-0.25, -0.2) is 4.63 Å². The van der Waals surface area contributed by atoms with Crippen LogP contribution >= 0.6 is 0 Å². The maximum absolute atomic E-state index is 8.85. The van der Waals surface area contributed by atoms with E-state index in [4.69, 9.17) is 5.21 Å². The molecule has 0 radical (unpaired) electrons. The Morgan fingerprint density at radius 1 is 1.57 bits per heavy atom. The lowest BCUT2D eigenvalue weighted by atomic mass is 10.2. The molecule has 2 aromatic heterocycles. The van der Waals surface area contributed by atoms with Crippen LogP contribution < -0.4 is 0 Å². The predicted octanol–water partition coefficient (Wildman–Crippen LogP) is 0.933. The Kier molecular flexibility index (Phi) is 2.02. The Morgan fingerprint density at radius 2 is 2.43 bits per heavy atom. The number of H-pyrrole nitrogens is 1. The van der Waals surface area contributed by atoms with Crippen molar-refractivity contribution in [2.75, 3.05) is 0 Å². The van der Waals surface area contributed by atoms with Crippen LogP contribution in [0, 0.1) is 6.92 Å². The lowest BCUT2D eigenvalue weighted by Gasteiger charge is -1.96. The van der Waals surface area contributed by atoms with Gasteiger partial charge in [0.1, 0.15) is 5.69 Å². The molecule has 0 aliphatic rings. The largest absolute Gasteiger partial charge is 0.410 e. The van der Waals surface area contributed by atoms with E-state index in [1.165, 1.54) is 0 Å². The number of aryl methyl sites for hydroxylation is 1. The number of nitrogens with zero attached hydrogens (tertiary/aromatic N) is 3. The number of rotatable bonds is 2. The molecule has 0 aliphatic heterocycles. The van der Waals surface area contributed by atoms with Gasteiger partial charge >= 0.3 is 0 Å². The van der Waals surface area contributed by atoms with Crippen molar-refractivity contribution in [3.63, 3.8) is 0 Å². The molecule has 0 spiro atoms. The molecule has 0 saturated heterocycles. The summed E-state index contributed by atoms with van der Waals surface area (Å²) in [7, 11) is 0. The van der Waals surface area contributed by atoms with Gasteiger partial charge in [0.2, 0.25) is 0 Å². The maximum atomic E-state index is 8.85. The minimum atomic E-state index is 0.314. The summed E-state index contributed by atoms with van der Waals surface area (Å²) < 4.78 is 4.52. The van der Waals surface area contributed by atoms with E-state index in [9.17, 15) is 0 Å². The second-order valence-electron chi connectivity index (χ2n) is 2.73. The number of aromatic amines is 1. The predicted molar refractivity (Wildman–Crippen MR) is 47.3 cm³/mol. The van der Waals surface area contributed by atoms with E-state index in [0.717, 1.165) is 0 Å². The average molecular weight is 192 g/mol. The highest BCUT2D eigenvalue weighted by Crippen LogP contribution is 2.09. The van der Waals surface area contributed by atoms with Crippen molar-refractivity contribution in [2.24, 2.45) is 5.16 Å². The number of hydrogen-bond acceptors (Lipinski definition) is 5. The van der Waals surface area contributed by atoms with E-state index in [1.807, 2.05) is 0 Å². The lowest BCUT2D eigenvalue weighted by Crippen LogP contribution is -2.06. The van der Waals surface area contributed by atoms with E-state index >= 15 is 0 Å². The van der Waals surface area contributed by atoms with Crippen LogP contribution in [-0.2, 0) is 0 Å². The maximum Gasteiger partial charge on any atom is 0.161 e. The van der Waals surface area contributed by atoms with Gasteiger partial charge in [0, 0.05) is 6.20 Å². The normalized spacial score (nSPS) is 11.9. The van der Waals surface area contributed by atoms with Crippen LogP contribution in [0.1, 0.15) is 17.1 Å². The number of aromatic nitrogens is 3. The van der Waals surface area contributed by atoms with E-state index < -0.39 is 0 Å². The summed E-state index contributed by atoms with van der Waals surface area (Å²) in [5.74, 6) is 0. The summed E-state index contributed by atoms with van der Waals surface area (Å²) >= 11 is 0. The molecule has 0 amide bonds. The van der Waals surface area contributed by atoms with Crippen molar-refractivity contribution in [2.45, 2.75) is 6.92 Å². The Morgan fingerprint density at radius 3 is 2.93 bits per heavy atom. The number of nitrogens with one attached hydrogen (secondary N) is 1. The lowest BCUT2D eigenvalue weighted by molar-refractivity contribution is 0.302. The molecule has 0 aromatic carbocycles. The van der Waals surface area contributed by atoms with Crippen molar-refractivity contribution >= 4 is 5.71 Å². The van der Waals surface area contributed by atoms with Gasteiger partial charge in [0.15, 0.2) is 11.4 Å². The Labute approximate surface area is 79.2 Å². The van der Waals surface area contributed by atoms with Crippen LogP contribution in [0.25, 0.3) is 0 Å². The second kappa shape index (κ2) is 3.33. The Balaban J connectivity index is 2.47. The van der Waals surface area contributed by atoms with Crippen molar-refractivity contribution in [3.05, 3.63) is 35.4 Å². The minimum Gasteiger partial charge on any atom is -0.410 e. The van der Waals surface area contributed by atoms with Gasteiger partial charge in [0.25, 0.3) is 0 Å². The molecule has 2 rings (SSSR count). The SMILES string of the molecule is Cc1nonc1/C(=N/O)c1ccc[nH]1. The summed E-state index contributed by atoms with van der Waals surface area (Å²) in [6, 6.07) is 3.56. The van der Waals surface area contributed by atoms with Crippen molar-refractivity contribution in [1.82, 2.24) is 15.3 Å². The smallest absolute Gasteiger partial charge is 0.161 e. The quantitative estimate of drug-likeness (QED) is 0.421. The topological polar surface area (TPSA) is 87.3 Å². The molecule has 0 fully saturated rings. The highest BCUT2D eigenvalue weighted by Gasteiger charge is 2.16. The van der Waals surface area contributed by atoms with Crippen LogP contribution in [0.15, 0.2) is 28.1 Å². The molecule has 0 unspecified atom stereocenters. The third-order valence-electron chi connectivity index (χ3n) is 1.83. The fraction of sp³-hybridized carbons (Fsp3) is 0.125.